The molecule has 0 saturated carbocycles. The van der Waals surface area contributed by atoms with Gasteiger partial charge in [-0.25, -0.2) is 9.97 Å². The number of nitrogens with zero attached hydrogens (tertiary/aromatic N) is 3. The van der Waals surface area contributed by atoms with E-state index >= 15 is 0 Å². The summed E-state index contributed by atoms with van der Waals surface area (Å²) in [6.07, 6.45) is 3.95. The zero-order chi connectivity index (χ0) is 15.6. The monoisotopic (exact) mass is 305 g/mol. The minimum atomic E-state index is 0.275. The average Bonchev–Trinajstić information content (AvgIpc) is 3.19. The molecule has 5 nitrogen and oxygen atoms in total. The van der Waals surface area contributed by atoms with Crippen LogP contribution in [0.1, 0.15) is 17.1 Å². The van der Waals surface area contributed by atoms with Gasteiger partial charge in [-0.1, -0.05) is 18.2 Å². The van der Waals surface area contributed by atoms with Crippen molar-refractivity contribution < 1.29 is 9.52 Å². The van der Waals surface area contributed by atoms with Gasteiger partial charge in [0, 0.05) is 18.2 Å². The van der Waals surface area contributed by atoms with Gasteiger partial charge in [-0.3, -0.25) is 0 Å². The maximum Gasteiger partial charge on any atom is 0.160 e. The molecule has 4 rings (SSSR count). The van der Waals surface area contributed by atoms with Gasteiger partial charge in [0.15, 0.2) is 5.65 Å². The Morgan fingerprint density at radius 3 is 2.78 bits per heavy atom. The number of aromatic hydroxyl groups is 1. The Kier molecular flexibility index (Phi) is 3.31. The number of para-hydroxylation sites is 1. The average molecular weight is 305 g/mol. The number of fused-ring (bicyclic) bond motifs is 1. The predicted molar refractivity (Wildman–Crippen MR) is 86.3 cm³/mol. The number of benzene rings is 1. The van der Waals surface area contributed by atoms with Crippen LogP contribution in [0.2, 0.25) is 0 Å². The zero-order valence-corrected chi connectivity index (χ0v) is 12.4. The topological polar surface area (TPSA) is 64.1 Å². The first-order valence-electron chi connectivity index (χ1n) is 7.40. The molecule has 0 radical (unpaired) electrons. The summed E-state index contributed by atoms with van der Waals surface area (Å²) in [5.74, 6) is 1.96. The predicted octanol–water partition coefficient (Wildman–Crippen LogP) is 3.37. The number of pyridine rings is 1. The fraction of sp³-hybridized carbons (Fsp3) is 0.111. The second-order valence-corrected chi connectivity index (χ2v) is 5.35. The molecule has 0 aliphatic rings. The van der Waals surface area contributed by atoms with Crippen molar-refractivity contribution in [3.63, 3.8) is 0 Å². The van der Waals surface area contributed by atoms with E-state index in [1.165, 1.54) is 0 Å². The van der Waals surface area contributed by atoms with E-state index in [2.05, 4.69) is 9.97 Å². The maximum absolute atomic E-state index is 10.0. The lowest BCUT2D eigenvalue weighted by atomic mass is 10.1. The van der Waals surface area contributed by atoms with E-state index in [-0.39, 0.29) is 5.75 Å². The summed E-state index contributed by atoms with van der Waals surface area (Å²) in [7, 11) is 0. The Labute approximate surface area is 132 Å². The number of phenols is 1. The molecule has 1 N–H and O–H groups in total. The zero-order valence-electron chi connectivity index (χ0n) is 12.4. The molecule has 114 valence electrons. The van der Waals surface area contributed by atoms with Gasteiger partial charge in [-0.15, -0.1) is 0 Å². The normalized spacial score (nSPS) is 11.1. The fourth-order valence-electron chi connectivity index (χ4n) is 2.70. The number of rotatable bonds is 4. The molecule has 23 heavy (non-hydrogen) atoms. The second-order valence-electron chi connectivity index (χ2n) is 5.35. The number of furan rings is 1. The highest BCUT2D eigenvalue weighted by molar-refractivity contribution is 5.71. The molecule has 0 unspecified atom stereocenters. The third-order valence-electron chi connectivity index (χ3n) is 3.82. The Bertz CT molecular complexity index is 942. The van der Waals surface area contributed by atoms with Crippen molar-refractivity contribution in [3.05, 3.63) is 78.1 Å². The van der Waals surface area contributed by atoms with E-state index in [1.807, 2.05) is 47.0 Å². The molecule has 4 aromatic rings. The number of hydrogen-bond donors (Lipinski definition) is 1. The Hall–Kier alpha value is -3.08. The van der Waals surface area contributed by atoms with Gasteiger partial charge in [0.25, 0.3) is 0 Å². The van der Waals surface area contributed by atoms with Crippen LogP contribution < -0.4 is 0 Å². The van der Waals surface area contributed by atoms with Crippen molar-refractivity contribution in [2.75, 3.05) is 0 Å². The van der Waals surface area contributed by atoms with Crippen LogP contribution in [0.5, 0.6) is 5.75 Å². The van der Waals surface area contributed by atoms with Crippen LogP contribution in [0.15, 0.2) is 65.4 Å². The molecule has 0 aliphatic heterocycles. The Morgan fingerprint density at radius 2 is 1.96 bits per heavy atom. The molecule has 5 heteroatoms. The summed E-state index contributed by atoms with van der Waals surface area (Å²) in [6, 6.07) is 14.9. The van der Waals surface area contributed by atoms with E-state index in [9.17, 15) is 5.11 Å². The summed E-state index contributed by atoms with van der Waals surface area (Å²) in [4.78, 5) is 9.12. The first kappa shape index (κ1) is 13.6. The number of phenolic OH excluding ortho intramolecular Hbond substituents is 1. The van der Waals surface area contributed by atoms with Crippen LogP contribution in [0.4, 0.5) is 0 Å². The van der Waals surface area contributed by atoms with Gasteiger partial charge < -0.3 is 14.1 Å². The van der Waals surface area contributed by atoms with Gasteiger partial charge in [0.1, 0.15) is 22.9 Å². The molecule has 3 aromatic heterocycles. The standard InChI is InChI=1S/C18H15N3O2/c22-16-8-2-1-5-13(16)11-17-20-15-7-3-9-19-18(15)21(17)12-14-6-4-10-23-14/h1-10,22H,11-12H2. The first-order chi connectivity index (χ1) is 11.3. The highest BCUT2D eigenvalue weighted by Crippen LogP contribution is 2.22. The summed E-state index contributed by atoms with van der Waals surface area (Å²) in [6.45, 7) is 0.559. The first-order valence-corrected chi connectivity index (χ1v) is 7.40. The summed E-state index contributed by atoms with van der Waals surface area (Å²) in [5.41, 5.74) is 2.49. The van der Waals surface area contributed by atoms with Crippen molar-refractivity contribution in [2.24, 2.45) is 0 Å². The molecule has 0 atom stereocenters. The third-order valence-corrected chi connectivity index (χ3v) is 3.82. The molecule has 0 fully saturated rings. The molecule has 0 spiro atoms. The smallest absolute Gasteiger partial charge is 0.160 e. The lowest BCUT2D eigenvalue weighted by Crippen LogP contribution is -2.06. The van der Waals surface area contributed by atoms with Crippen LogP contribution in [0.25, 0.3) is 11.2 Å². The molecule has 0 aliphatic carbocycles. The van der Waals surface area contributed by atoms with Crippen molar-refractivity contribution in [2.45, 2.75) is 13.0 Å². The van der Waals surface area contributed by atoms with E-state index in [0.29, 0.717) is 13.0 Å². The van der Waals surface area contributed by atoms with E-state index in [4.69, 9.17) is 4.42 Å². The maximum atomic E-state index is 10.0. The van der Waals surface area contributed by atoms with Gasteiger partial charge in [-0.2, -0.15) is 0 Å². The lowest BCUT2D eigenvalue weighted by molar-refractivity contribution is 0.467. The van der Waals surface area contributed by atoms with Crippen molar-refractivity contribution in [3.8, 4) is 5.75 Å². The highest BCUT2D eigenvalue weighted by atomic mass is 16.3. The van der Waals surface area contributed by atoms with Gasteiger partial charge >= 0.3 is 0 Å². The lowest BCUT2D eigenvalue weighted by Gasteiger charge is -2.08. The number of imidazole rings is 1. The molecule has 3 heterocycles. The summed E-state index contributed by atoms with van der Waals surface area (Å²) >= 11 is 0. The third kappa shape index (κ3) is 2.57. The molecule has 0 bridgehead atoms. The minimum absolute atomic E-state index is 0.275. The molecular weight excluding hydrogens is 290 g/mol. The molecule has 0 saturated heterocycles. The van der Waals surface area contributed by atoms with Gasteiger partial charge in [0.2, 0.25) is 0 Å². The Morgan fingerprint density at radius 1 is 1.04 bits per heavy atom. The second kappa shape index (κ2) is 5.61. The van der Waals surface area contributed by atoms with E-state index in [0.717, 1.165) is 28.3 Å². The fourth-order valence-corrected chi connectivity index (χ4v) is 2.70. The number of aromatic nitrogens is 3. The molecule has 1 aromatic carbocycles. The Balaban J connectivity index is 1.80. The van der Waals surface area contributed by atoms with Crippen LogP contribution in [-0.4, -0.2) is 19.6 Å². The highest BCUT2D eigenvalue weighted by Gasteiger charge is 2.14. The minimum Gasteiger partial charge on any atom is -0.508 e. The van der Waals surface area contributed by atoms with Crippen molar-refractivity contribution >= 4 is 11.2 Å². The number of hydrogen-bond acceptors (Lipinski definition) is 4. The quantitative estimate of drug-likeness (QED) is 0.628. The summed E-state index contributed by atoms with van der Waals surface area (Å²) in [5, 5.41) is 10.0. The summed E-state index contributed by atoms with van der Waals surface area (Å²) < 4.78 is 7.49. The molecular formula is C18H15N3O2. The van der Waals surface area contributed by atoms with Crippen LogP contribution in [0.3, 0.4) is 0 Å². The van der Waals surface area contributed by atoms with E-state index < -0.39 is 0 Å². The van der Waals surface area contributed by atoms with Crippen molar-refractivity contribution in [1.82, 2.24) is 14.5 Å². The largest absolute Gasteiger partial charge is 0.508 e. The van der Waals surface area contributed by atoms with Crippen molar-refractivity contribution in [1.29, 1.82) is 0 Å². The SMILES string of the molecule is Oc1ccccc1Cc1nc2cccnc2n1Cc1ccco1. The molecule has 0 amide bonds. The van der Waals surface area contributed by atoms with Gasteiger partial charge in [-0.05, 0) is 30.3 Å². The van der Waals surface area contributed by atoms with Crippen LogP contribution in [0, 0.1) is 0 Å². The van der Waals surface area contributed by atoms with Gasteiger partial charge in [0.05, 0.1) is 12.8 Å². The van der Waals surface area contributed by atoms with Crippen LogP contribution in [-0.2, 0) is 13.0 Å². The van der Waals surface area contributed by atoms with E-state index in [1.54, 1.807) is 18.5 Å². The van der Waals surface area contributed by atoms with Crippen LogP contribution >= 0.6 is 0 Å².